The Bertz CT molecular complexity index is 549. The van der Waals surface area contributed by atoms with E-state index in [9.17, 15) is 9.59 Å². The lowest BCUT2D eigenvalue weighted by Crippen LogP contribution is -2.29. The number of phenolic OH excluding ortho intramolecular Hbond substituents is 1. The molecule has 92 valence electrons. The molecule has 0 radical (unpaired) electrons. The monoisotopic (exact) mass is 247 g/mol. The molecule has 0 saturated carbocycles. The number of anilines is 2. The van der Waals surface area contributed by atoms with E-state index in [0.717, 1.165) is 0 Å². The molecular weight excluding hydrogens is 238 g/mol. The van der Waals surface area contributed by atoms with Crippen LogP contribution in [0.3, 0.4) is 0 Å². The maximum atomic E-state index is 11.5. The number of aromatic amines is 1. The van der Waals surface area contributed by atoms with E-state index >= 15 is 0 Å². The molecule has 18 heavy (non-hydrogen) atoms. The molecule has 4 N–H and O–H groups in total. The Balaban J connectivity index is 1.95. The minimum Gasteiger partial charge on any atom is -0.508 e. The average molecular weight is 247 g/mol. The number of benzene rings is 1. The third kappa shape index (κ3) is 2.82. The summed E-state index contributed by atoms with van der Waals surface area (Å²) in [4.78, 5) is 26.5. The summed E-state index contributed by atoms with van der Waals surface area (Å²) in [7, 11) is 0. The van der Waals surface area contributed by atoms with Crippen LogP contribution in [0.4, 0.5) is 11.6 Å². The summed E-state index contributed by atoms with van der Waals surface area (Å²) in [6.45, 7) is 0. The van der Waals surface area contributed by atoms with Crippen LogP contribution in [0, 0.1) is 0 Å². The van der Waals surface area contributed by atoms with Gasteiger partial charge in [-0.2, -0.15) is 10.1 Å². The number of aromatic nitrogens is 3. The van der Waals surface area contributed by atoms with Crippen molar-refractivity contribution in [3.05, 3.63) is 30.6 Å². The summed E-state index contributed by atoms with van der Waals surface area (Å²) in [6.07, 6.45) is 1.20. The fraction of sp³-hybridized carbons (Fsp3) is 0. The van der Waals surface area contributed by atoms with Crippen LogP contribution < -0.4 is 10.6 Å². The molecule has 1 heterocycles. The number of carbonyl (C=O) groups is 2. The first-order chi connectivity index (χ1) is 8.65. The van der Waals surface area contributed by atoms with Gasteiger partial charge in [0.2, 0.25) is 5.95 Å². The molecule has 0 aliphatic carbocycles. The predicted octanol–water partition coefficient (Wildman–Crippen LogP) is 0.0875. The maximum Gasteiger partial charge on any atom is 0.316 e. The van der Waals surface area contributed by atoms with Crippen molar-refractivity contribution in [1.82, 2.24) is 15.2 Å². The summed E-state index contributed by atoms with van der Waals surface area (Å²) in [5.74, 6) is -1.57. The first kappa shape index (κ1) is 11.6. The molecular formula is C10H9N5O3. The molecule has 1 aromatic carbocycles. The van der Waals surface area contributed by atoms with E-state index in [-0.39, 0.29) is 11.7 Å². The number of H-pyrrole nitrogens is 1. The number of amides is 2. The number of aromatic hydroxyl groups is 1. The van der Waals surface area contributed by atoms with Crippen molar-refractivity contribution >= 4 is 23.5 Å². The Morgan fingerprint density at radius 3 is 2.39 bits per heavy atom. The van der Waals surface area contributed by atoms with Gasteiger partial charge in [-0.05, 0) is 24.3 Å². The predicted molar refractivity (Wildman–Crippen MR) is 61.7 cm³/mol. The van der Waals surface area contributed by atoms with Crippen LogP contribution in [-0.4, -0.2) is 32.1 Å². The summed E-state index contributed by atoms with van der Waals surface area (Å²) < 4.78 is 0. The van der Waals surface area contributed by atoms with Crippen molar-refractivity contribution in [2.24, 2.45) is 0 Å². The van der Waals surface area contributed by atoms with Crippen molar-refractivity contribution < 1.29 is 14.7 Å². The van der Waals surface area contributed by atoms with Gasteiger partial charge in [0.05, 0.1) is 0 Å². The molecule has 1 aromatic heterocycles. The molecule has 8 nitrogen and oxygen atoms in total. The van der Waals surface area contributed by atoms with Crippen molar-refractivity contribution in [3.63, 3.8) is 0 Å². The summed E-state index contributed by atoms with van der Waals surface area (Å²) in [5.41, 5.74) is 0.394. The third-order valence-corrected chi connectivity index (χ3v) is 1.98. The summed E-state index contributed by atoms with van der Waals surface area (Å²) >= 11 is 0. The van der Waals surface area contributed by atoms with E-state index in [1.54, 1.807) is 0 Å². The Morgan fingerprint density at radius 1 is 1.11 bits per heavy atom. The second-order valence-corrected chi connectivity index (χ2v) is 3.29. The molecule has 0 unspecified atom stereocenters. The van der Waals surface area contributed by atoms with Gasteiger partial charge in [0.15, 0.2) is 0 Å². The fourth-order valence-corrected chi connectivity index (χ4v) is 1.16. The van der Waals surface area contributed by atoms with E-state index in [4.69, 9.17) is 5.11 Å². The highest BCUT2D eigenvalue weighted by molar-refractivity contribution is 6.43. The number of phenols is 1. The van der Waals surface area contributed by atoms with Gasteiger partial charge in [-0.25, -0.2) is 5.10 Å². The van der Waals surface area contributed by atoms with Crippen molar-refractivity contribution in [2.75, 3.05) is 10.6 Å². The van der Waals surface area contributed by atoms with Crippen LogP contribution in [0.15, 0.2) is 30.6 Å². The minimum atomic E-state index is -0.875. The lowest BCUT2D eigenvalue weighted by atomic mass is 10.3. The molecule has 0 spiro atoms. The second-order valence-electron chi connectivity index (χ2n) is 3.29. The molecule has 0 aliphatic heterocycles. The van der Waals surface area contributed by atoms with E-state index in [1.165, 1.54) is 30.6 Å². The van der Waals surface area contributed by atoms with E-state index in [2.05, 4.69) is 25.8 Å². The van der Waals surface area contributed by atoms with E-state index < -0.39 is 11.8 Å². The van der Waals surface area contributed by atoms with Gasteiger partial charge in [-0.15, -0.1) is 0 Å². The van der Waals surface area contributed by atoms with Gasteiger partial charge in [-0.1, -0.05) is 0 Å². The first-order valence-corrected chi connectivity index (χ1v) is 4.92. The van der Waals surface area contributed by atoms with Crippen LogP contribution in [-0.2, 0) is 9.59 Å². The van der Waals surface area contributed by atoms with Gasteiger partial charge in [-0.3, -0.25) is 14.9 Å². The minimum absolute atomic E-state index is 0.0686. The van der Waals surface area contributed by atoms with Crippen molar-refractivity contribution in [2.45, 2.75) is 0 Å². The maximum absolute atomic E-state index is 11.5. The Labute approximate surface area is 101 Å². The van der Waals surface area contributed by atoms with Crippen LogP contribution in [0.25, 0.3) is 0 Å². The summed E-state index contributed by atoms with van der Waals surface area (Å²) in [5, 5.41) is 19.5. The number of nitrogens with one attached hydrogen (secondary N) is 3. The number of rotatable bonds is 2. The third-order valence-electron chi connectivity index (χ3n) is 1.98. The van der Waals surface area contributed by atoms with Crippen molar-refractivity contribution in [3.8, 4) is 5.75 Å². The molecule has 2 rings (SSSR count). The molecule has 2 amide bonds. The zero-order valence-electron chi connectivity index (χ0n) is 9.04. The molecule has 0 saturated heterocycles. The largest absolute Gasteiger partial charge is 0.508 e. The zero-order valence-corrected chi connectivity index (χ0v) is 9.04. The highest BCUT2D eigenvalue weighted by Gasteiger charge is 2.14. The molecule has 0 fully saturated rings. The van der Waals surface area contributed by atoms with Crippen LogP contribution in [0.5, 0.6) is 5.75 Å². The number of nitrogens with zero attached hydrogens (tertiary/aromatic N) is 2. The van der Waals surface area contributed by atoms with Crippen LogP contribution in [0.1, 0.15) is 0 Å². The fourth-order valence-electron chi connectivity index (χ4n) is 1.16. The van der Waals surface area contributed by atoms with Gasteiger partial charge >= 0.3 is 11.8 Å². The lowest BCUT2D eigenvalue weighted by molar-refractivity contribution is -0.133. The molecule has 0 bridgehead atoms. The van der Waals surface area contributed by atoms with Gasteiger partial charge in [0, 0.05) is 5.69 Å². The lowest BCUT2D eigenvalue weighted by Gasteiger charge is -2.04. The molecule has 2 aromatic rings. The van der Waals surface area contributed by atoms with Gasteiger partial charge < -0.3 is 10.4 Å². The molecule has 0 atom stereocenters. The standard InChI is InChI=1S/C10H9N5O3/c16-7-3-1-6(2-4-7)13-8(17)9(18)14-10-11-5-12-15-10/h1-5,16H,(H,13,17)(H2,11,12,14,15,18). The smallest absolute Gasteiger partial charge is 0.316 e. The highest BCUT2D eigenvalue weighted by Crippen LogP contribution is 2.13. The van der Waals surface area contributed by atoms with Gasteiger partial charge in [0.25, 0.3) is 0 Å². The highest BCUT2D eigenvalue weighted by atomic mass is 16.3. The topological polar surface area (TPSA) is 120 Å². The average Bonchev–Trinajstić information content (AvgIpc) is 2.85. The quantitative estimate of drug-likeness (QED) is 0.442. The van der Waals surface area contributed by atoms with Crippen molar-refractivity contribution in [1.29, 1.82) is 0 Å². The number of carbonyl (C=O) groups excluding carboxylic acids is 2. The Kier molecular flexibility index (Phi) is 3.19. The SMILES string of the molecule is O=C(Nc1ccc(O)cc1)C(=O)Nc1ncn[nH]1. The van der Waals surface area contributed by atoms with Gasteiger partial charge in [0.1, 0.15) is 12.1 Å². The zero-order chi connectivity index (χ0) is 13.0. The van der Waals surface area contributed by atoms with Crippen LogP contribution >= 0.6 is 0 Å². The molecule has 8 heteroatoms. The van der Waals surface area contributed by atoms with Crippen LogP contribution in [0.2, 0.25) is 0 Å². The Hall–Kier alpha value is -2.90. The number of hydrogen-bond acceptors (Lipinski definition) is 5. The van der Waals surface area contributed by atoms with E-state index in [1.807, 2.05) is 0 Å². The normalized spacial score (nSPS) is 9.78. The molecule has 0 aliphatic rings. The first-order valence-electron chi connectivity index (χ1n) is 4.92. The second kappa shape index (κ2) is 4.95. The Morgan fingerprint density at radius 2 is 1.78 bits per heavy atom. The summed E-state index contributed by atoms with van der Waals surface area (Å²) in [6, 6.07) is 5.72. The van der Waals surface area contributed by atoms with E-state index in [0.29, 0.717) is 5.69 Å². The number of hydrogen-bond donors (Lipinski definition) is 4.